The first-order valence-corrected chi connectivity index (χ1v) is 7.81. The molecule has 0 aliphatic carbocycles. The highest BCUT2D eigenvalue weighted by Gasteiger charge is 2.15. The highest BCUT2D eigenvalue weighted by Crippen LogP contribution is 2.26. The zero-order valence-electron chi connectivity index (χ0n) is 11.0. The van der Waals surface area contributed by atoms with Gasteiger partial charge in [0.25, 0.3) is 0 Å². The van der Waals surface area contributed by atoms with Gasteiger partial charge in [-0.25, -0.2) is 0 Å². The van der Waals surface area contributed by atoms with Crippen LogP contribution in [0.25, 0.3) is 0 Å². The van der Waals surface area contributed by atoms with Crippen molar-refractivity contribution in [2.45, 2.75) is 17.1 Å². The van der Waals surface area contributed by atoms with E-state index in [1.165, 1.54) is 11.8 Å². The summed E-state index contributed by atoms with van der Waals surface area (Å²) in [4.78, 5) is 13.2. The molecule has 0 saturated heterocycles. The van der Waals surface area contributed by atoms with E-state index in [1.54, 1.807) is 12.1 Å². The van der Waals surface area contributed by atoms with E-state index in [1.807, 2.05) is 43.3 Å². The predicted molar refractivity (Wildman–Crippen MR) is 88.9 cm³/mol. The van der Waals surface area contributed by atoms with Gasteiger partial charge < -0.3 is 11.1 Å². The third-order valence-corrected chi connectivity index (χ3v) is 4.36. The van der Waals surface area contributed by atoms with Crippen LogP contribution in [0.3, 0.4) is 0 Å². The second kappa shape index (κ2) is 6.81. The second-order valence-electron chi connectivity index (χ2n) is 4.29. The van der Waals surface area contributed by atoms with Crippen molar-refractivity contribution in [2.24, 2.45) is 0 Å². The van der Waals surface area contributed by atoms with Crippen molar-refractivity contribution in [1.29, 1.82) is 0 Å². The molecule has 1 amide bonds. The first-order chi connectivity index (χ1) is 9.56. The summed E-state index contributed by atoms with van der Waals surface area (Å²) in [5, 5.41) is 2.65. The third kappa shape index (κ3) is 4.02. The maximum absolute atomic E-state index is 12.1. The van der Waals surface area contributed by atoms with Gasteiger partial charge in [-0.1, -0.05) is 28.1 Å². The number of halogens is 1. The topological polar surface area (TPSA) is 55.1 Å². The van der Waals surface area contributed by atoms with Gasteiger partial charge in [-0.3, -0.25) is 4.79 Å². The van der Waals surface area contributed by atoms with Crippen LogP contribution >= 0.6 is 27.7 Å². The molecule has 3 nitrogen and oxygen atoms in total. The lowest BCUT2D eigenvalue weighted by molar-refractivity contribution is -0.115. The van der Waals surface area contributed by atoms with Gasteiger partial charge >= 0.3 is 0 Å². The average molecular weight is 351 g/mol. The number of nitrogens with one attached hydrogen (secondary N) is 1. The predicted octanol–water partition coefficient (Wildman–Crippen LogP) is 4.15. The minimum atomic E-state index is -0.198. The van der Waals surface area contributed by atoms with Crippen molar-refractivity contribution in [3.8, 4) is 0 Å². The van der Waals surface area contributed by atoms with Crippen LogP contribution in [0.4, 0.5) is 11.4 Å². The molecule has 0 radical (unpaired) electrons. The zero-order valence-corrected chi connectivity index (χ0v) is 13.4. The van der Waals surface area contributed by atoms with Crippen molar-refractivity contribution in [3.63, 3.8) is 0 Å². The van der Waals surface area contributed by atoms with E-state index in [0.29, 0.717) is 11.4 Å². The zero-order chi connectivity index (χ0) is 14.5. The van der Waals surface area contributed by atoms with Gasteiger partial charge in [-0.2, -0.15) is 0 Å². The summed E-state index contributed by atoms with van der Waals surface area (Å²) in [6.07, 6.45) is 0. The Kier molecular flexibility index (Phi) is 5.09. The molecule has 5 heteroatoms. The number of nitrogens with two attached hydrogens (primary N) is 1. The first-order valence-electron chi connectivity index (χ1n) is 6.14. The van der Waals surface area contributed by atoms with Crippen molar-refractivity contribution in [1.82, 2.24) is 0 Å². The lowest BCUT2D eigenvalue weighted by Crippen LogP contribution is -2.22. The van der Waals surface area contributed by atoms with Crippen LogP contribution in [0.1, 0.15) is 6.92 Å². The molecule has 2 aromatic rings. The fourth-order valence-corrected chi connectivity index (χ4v) is 2.75. The summed E-state index contributed by atoms with van der Waals surface area (Å²) < 4.78 is 1.02. The Hall–Kier alpha value is -1.46. The van der Waals surface area contributed by atoms with Crippen LogP contribution < -0.4 is 11.1 Å². The van der Waals surface area contributed by atoms with Crippen LogP contribution in [-0.4, -0.2) is 11.2 Å². The van der Waals surface area contributed by atoms with E-state index in [0.717, 1.165) is 9.37 Å². The van der Waals surface area contributed by atoms with Crippen molar-refractivity contribution in [3.05, 3.63) is 53.0 Å². The van der Waals surface area contributed by atoms with Gasteiger partial charge in [0.1, 0.15) is 0 Å². The number of amides is 1. The number of anilines is 2. The van der Waals surface area contributed by atoms with Gasteiger partial charge in [-0.05, 0) is 43.3 Å². The number of carbonyl (C=O) groups is 1. The van der Waals surface area contributed by atoms with E-state index >= 15 is 0 Å². The van der Waals surface area contributed by atoms with E-state index in [4.69, 9.17) is 5.73 Å². The molecule has 0 heterocycles. The molecule has 0 fully saturated rings. The molecule has 104 valence electrons. The Morgan fingerprint density at radius 1 is 1.20 bits per heavy atom. The molecule has 0 bridgehead atoms. The van der Waals surface area contributed by atoms with E-state index in [-0.39, 0.29) is 11.2 Å². The number of carbonyl (C=O) groups excluding carboxylic acids is 1. The molecule has 0 aliphatic rings. The minimum Gasteiger partial charge on any atom is -0.397 e. The molecule has 1 atom stereocenters. The van der Waals surface area contributed by atoms with Crippen LogP contribution in [-0.2, 0) is 4.79 Å². The molecular weight excluding hydrogens is 336 g/mol. The second-order valence-corrected chi connectivity index (χ2v) is 6.62. The molecule has 0 aliphatic heterocycles. The summed E-state index contributed by atoms with van der Waals surface area (Å²) in [7, 11) is 0. The van der Waals surface area contributed by atoms with Gasteiger partial charge in [0.15, 0.2) is 0 Å². The van der Waals surface area contributed by atoms with Crippen LogP contribution in [0.5, 0.6) is 0 Å². The Bertz CT molecular complexity index is 601. The van der Waals surface area contributed by atoms with Crippen LogP contribution in [0, 0.1) is 0 Å². The molecule has 3 N–H and O–H groups in total. The Balaban J connectivity index is 1.99. The monoisotopic (exact) mass is 350 g/mol. The van der Waals surface area contributed by atoms with Crippen molar-refractivity contribution in [2.75, 3.05) is 11.1 Å². The van der Waals surface area contributed by atoms with Gasteiger partial charge in [0.2, 0.25) is 5.91 Å². The molecule has 2 rings (SSSR count). The SMILES string of the molecule is CC(Sc1ccc(Br)cc1)C(=O)Nc1ccccc1N. The first kappa shape index (κ1) is 14.9. The molecule has 1 unspecified atom stereocenters. The van der Waals surface area contributed by atoms with E-state index in [9.17, 15) is 4.79 Å². The number of thioether (sulfide) groups is 1. The van der Waals surface area contributed by atoms with E-state index < -0.39 is 0 Å². The number of hydrogen-bond donors (Lipinski definition) is 2. The quantitative estimate of drug-likeness (QED) is 0.643. The largest absolute Gasteiger partial charge is 0.397 e. The van der Waals surface area contributed by atoms with Gasteiger partial charge in [0.05, 0.1) is 16.6 Å². The van der Waals surface area contributed by atoms with Gasteiger partial charge in [-0.15, -0.1) is 11.8 Å². The van der Waals surface area contributed by atoms with Crippen molar-refractivity contribution < 1.29 is 4.79 Å². The summed E-state index contributed by atoms with van der Waals surface area (Å²) in [6.45, 7) is 1.88. The lowest BCUT2D eigenvalue weighted by atomic mass is 10.2. The number of nitrogen functional groups attached to an aromatic ring is 1. The number of benzene rings is 2. The minimum absolute atomic E-state index is 0.0594. The van der Waals surface area contributed by atoms with Crippen molar-refractivity contribution >= 4 is 45.0 Å². The molecule has 0 aromatic heterocycles. The molecule has 20 heavy (non-hydrogen) atoms. The smallest absolute Gasteiger partial charge is 0.237 e. The maximum Gasteiger partial charge on any atom is 0.237 e. The fraction of sp³-hybridized carbons (Fsp3) is 0.133. The summed E-state index contributed by atoms with van der Waals surface area (Å²) in [6, 6.07) is 15.1. The molecule has 0 spiro atoms. The fourth-order valence-electron chi connectivity index (χ4n) is 1.62. The van der Waals surface area contributed by atoms with Crippen LogP contribution in [0.15, 0.2) is 57.9 Å². The summed E-state index contributed by atoms with van der Waals surface area (Å²) >= 11 is 4.90. The highest BCUT2D eigenvalue weighted by molar-refractivity contribution is 9.10. The molecular formula is C15H15BrN2OS. The van der Waals surface area contributed by atoms with E-state index in [2.05, 4.69) is 21.2 Å². The Morgan fingerprint density at radius 2 is 1.85 bits per heavy atom. The average Bonchev–Trinajstić information content (AvgIpc) is 2.44. The molecule has 0 saturated carbocycles. The van der Waals surface area contributed by atoms with Gasteiger partial charge in [0, 0.05) is 9.37 Å². The number of para-hydroxylation sites is 2. The third-order valence-electron chi connectivity index (χ3n) is 2.71. The highest BCUT2D eigenvalue weighted by atomic mass is 79.9. The normalized spacial score (nSPS) is 11.9. The Morgan fingerprint density at radius 3 is 2.50 bits per heavy atom. The number of rotatable bonds is 4. The molecule has 2 aromatic carbocycles. The standard InChI is InChI=1S/C15H15BrN2OS/c1-10(20-12-8-6-11(16)7-9-12)15(19)18-14-5-3-2-4-13(14)17/h2-10H,17H2,1H3,(H,18,19). The van der Waals surface area contributed by atoms with Crippen LogP contribution in [0.2, 0.25) is 0 Å². The summed E-state index contributed by atoms with van der Waals surface area (Å²) in [5.74, 6) is -0.0594. The Labute approximate surface area is 131 Å². The summed E-state index contributed by atoms with van der Waals surface area (Å²) in [5.41, 5.74) is 7.04. The number of hydrogen-bond acceptors (Lipinski definition) is 3. The maximum atomic E-state index is 12.1. The lowest BCUT2D eigenvalue weighted by Gasteiger charge is -2.13.